The maximum Gasteiger partial charge on any atom is 0.228 e. The lowest BCUT2D eigenvalue weighted by molar-refractivity contribution is -0.117. The van der Waals surface area contributed by atoms with Gasteiger partial charge in [0.1, 0.15) is 5.82 Å². The van der Waals surface area contributed by atoms with Gasteiger partial charge in [-0.3, -0.25) is 9.69 Å². The molecule has 1 aromatic rings. The first-order valence-electron chi connectivity index (χ1n) is 5.52. The lowest BCUT2D eigenvalue weighted by Gasteiger charge is -2.19. The highest BCUT2D eigenvalue weighted by molar-refractivity contribution is 9.10. The highest BCUT2D eigenvalue weighted by Gasteiger charge is 2.31. The van der Waals surface area contributed by atoms with Crippen molar-refractivity contribution in [3.05, 3.63) is 21.8 Å². The van der Waals surface area contributed by atoms with Gasteiger partial charge in [-0.1, -0.05) is 15.9 Å². The summed E-state index contributed by atoms with van der Waals surface area (Å²) >= 11 is 6.90. The topological polar surface area (TPSA) is 33.2 Å². The average Bonchev–Trinajstić information content (AvgIpc) is 2.68. The number of carbonyl (C=O) groups is 1. The smallest absolute Gasteiger partial charge is 0.228 e. The molecule has 1 amide bonds. The Bertz CT molecular complexity index is 462. The lowest BCUT2D eigenvalue weighted by atomic mass is 10.1. The van der Waals surface area contributed by atoms with E-state index >= 15 is 0 Å². The minimum atomic E-state index is 0.173. The maximum atomic E-state index is 11.9. The summed E-state index contributed by atoms with van der Waals surface area (Å²) in [5.74, 6) is 1.37. The first kappa shape index (κ1) is 13.0. The zero-order valence-electron chi connectivity index (χ0n) is 9.83. The molecule has 0 N–H and O–H groups in total. The Morgan fingerprint density at radius 2 is 2.18 bits per heavy atom. The Morgan fingerprint density at radius 1 is 1.47 bits per heavy atom. The van der Waals surface area contributed by atoms with Crippen LogP contribution in [0.2, 0.25) is 0 Å². The molecule has 1 atom stereocenters. The first-order valence-corrected chi connectivity index (χ1v) is 7.44. The third-order valence-electron chi connectivity index (χ3n) is 3.24. The van der Waals surface area contributed by atoms with Gasteiger partial charge in [0.15, 0.2) is 0 Å². The Kier molecular flexibility index (Phi) is 3.88. The number of hydrogen-bond acceptors (Lipinski definition) is 2. The van der Waals surface area contributed by atoms with Gasteiger partial charge in [0, 0.05) is 29.0 Å². The Morgan fingerprint density at radius 3 is 2.76 bits per heavy atom. The maximum absolute atomic E-state index is 11.9. The fourth-order valence-electron chi connectivity index (χ4n) is 2.02. The summed E-state index contributed by atoms with van der Waals surface area (Å²) in [7, 11) is 0. The van der Waals surface area contributed by atoms with Crippen molar-refractivity contribution in [2.45, 2.75) is 20.3 Å². The van der Waals surface area contributed by atoms with Crippen LogP contribution in [0.15, 0.2) is 10.7 Å². The molecule has 1 aliphatic heterocycles. The molecule has 5 heteroatoms. The van der Waals surface area contributed by atoms with Crippen molar-refractivity contribution in [2.75, 3.05) is 16.8 Å². The van der Waals surface area contributed by atoms with Crippen molar-refractivity contribution in [3.63, 3.8) is 0 Å². The van der Waals surface area contributed by atoms with Gasteiger partial charge in [0.05, 0.1) is 0 Å². The third-order valence-corrected chi connectivity index (χ3v) is 4.95. The quantitative estimate of drug-likeness (QED) is 0.758. The number of anilines is 1. The highest BCUT2D eigenvalue weighted by Crippen LogP contribution is 2.30. The van der Waals surface area contributed by atoms with Crippen LogP contribution in [0.5, 0.6) is 0 Å². The number of alkyl halides is 1. The molecule has 0 saturated carbocycles. The number of nitrogens with zero attached hydrogens (tertiary/aromatic N) is 2. The normalized spacial score (nSPS) is 20.1. The molecule has 92 valence electrons. The Balaban J connectivity index is 2.35. The summed E-state index contributed by atoms with van der Waals surface area (Å²) in [6.45, 7) is 4.81. The van der Waals surface area contributed by atoms with Crippen LogP contribution in [0.1, 0.15) is 17.5 Å². The molecule has 2 heterocycles. The molecule has 0 spiro atoms. The van der Waals surface area contributed by atoms with Crippen LogP contribution in [0.4, 0.5) is 5.82 Å². The number of amides is 1. The Hall–Kier alpha value is -0.420. The van der Waals surface area contributed by atoms with Gasteiger partial charge in [-0.25, -0.2) is 4.98 Å². The molecular weight excluding hydrogens is 348 g/mol. The summed E-state index contributed by atoms with van der Waals surface area (Å²) in [5, 5.41) is 0.865. The first-order chi connectivity index (χ1) is 8.04. The van der Waals surface area contributed by atoms with Gasteiger partial charge < -0.3 is 0 Å². The summed E-state index contributed by atoms with van der Waals surface area (Å²) in [4.78, 5) is 18.1. The van der Waals surface area contributed by atoms with Gasteiger partial charge in [-0.05, 0) is 46.8 Å². The average molecular weight is 362 g/mol. The van der Waals surface area contributed by atoms with Crippen molar-refractivity contribution >= 4 is 43.6 Å². The molecule has 1 aliphatic rings. The second kappa shape index (κ2) is 5.06. The number of pyridine rings is 1. The van der Waals surface area contributed by atoms with E-state index in [-0.39, 0.29) is 5.91 Å². The van der Waals surface area contributed by atoms with Gasteiger partial charge in [-0.2, -0.15) is 0 Å². The van der Waals surface area contributed by atoms with E-state index in [0.717, 1.165) is 33.3 Å². The molecule has 1 unspecified atom stereocenters. The van der Waals surface area contributed by atoms with Crippen molar-refractivity contribution in [3.8, 4) is 0 Å². The van der Waals surface area contributed by atoms with Gasteiger partial charge in [0.2, 0.25) is 5.91 Å². The van der Waals surface area contributed by atoms with Crippen LogP contribution >= 0.6 is 31.9 Å². The van der Waals surface area contributed by atoms with Crippen molar-refractivity contribution in [1.29, 1.82) is 0 Å². The van der Waals surface area contributed by atoms with E-state index in [0.29, 0.717) is 12.3 Å². The van der Waals surface area contributed by atoms with Crippen molar-refractivity contribution in [2.24, 2.45) is 5.92 Å². The predicted molar refractivity (Wildman–Crippen MR) is 75.7 cm³/mol. The molecule has 0 radical (unpaired) electrons. The molecule has 1 fully saturated rings. The molecule has 2 rings (SSSR count). The lowest BCUT2D eigenvalue weighted by Crippen LogP contribution is -2.26. The number of carbonyl (C=O) groups excluding carboxylic acids is 1. The molecule has 3 nitrogen and oxygen atoms in total. The van der Waals surface area contributed by atoms with E-state index in [9.17, 15) is 4.79 Å². The summed E-state index contributed by atoms with van der Waals surface area (Å²) < 4.78 is 0.988. The fraction of sp³-hybridized carbons (Fsp3) is 0.500. The van der Waals surface area contributed by atoms with Crippen LogP contribution < -0.4 is 4.90 Å². The largest absolute Gasteiger partial charge is 0.296 e. The van der Waals surface area contributed by atoms with E-state index in [1.165, 1.54) is 0 Å². The summed E-state index contributed by atoms with van der Waals surface area (Å²) in [5.41, 5.74) is 2.22. The molecule has 1 saturated heterocycles. The van der Waals surface area contributed by atoms with Crippen LogP contribution in [-0.4, -0.2) is 22.8 Å². The fourth-order valence-corrected chi connectivity index (χ4v) is 2.85. The second-order valence-electron chi connectivity index (χ2n) is 4.41. The van der Waals surface area contributed by atoms with E-state index < -0.39 is 0 Å². The minimum absolute atomic E-state index is 0.173. The van der Waals surface area contributed by atoms with Crippen LogP contribution in [0.3, 0.4) is 0 Å². The summed E-state index contributed by atoms with van der Waals surface area (Å²) in [6.07, 6.45) is 2.38. The van der Waals surface area contributed by atoms with Crippen molar-refractivity contribution in [1.82, 2.24) is 4.98 Å². The molecule has 0 bridgehead atoms. The molecular formula is C12H14Br2N2O. The van der Waals surface area contributed by atoms with E-state index in [2.05, 4.69) is 36.8 Å². The van der Waals surface area contributed by atoms with Crippen LogP contribution in [-0.2, 0) is 4.79 Å². The van der Waals surface area contributed by atoms with E-state index in [1.54, 1.807) is 11.1 Å². The third kappa shape index (κ3) is 2.40. The van der Waals surface area contributed by atoms with Crippen LogP contribution in [0, 0.1) is 19.8 Å². The van der Waals surface area contributed by atoms with E-state index in [1.807, 2.05) is 13.8 Å². The zero-order valence-corrected chi connectivity index (χ0v) is 13.0. The molecule has 0 aromatic carbocycles. The second-order valence-corrected chi connectivity index (χ2v) is 5.91. The van der Waals surface area contributed by atoms with Crippen LogP contribution in [0.25, 0.3) is 0 Å². The monoisotopic (exact) mass is 360 g/mol. The summed E-state index contributed by atoms with van der Waals surface area (Å²) in [6, 6.07) is 0. The Labute approximate surface area is 118 Å². The predicted octanol–water partition coefficient (Wildman–Crippen LogP) is 3.21. The standard InChI is InChI=1S/C12H14Br2N2O/c1-7-8(2)12(15-5-10(7)14)16-6-9(4-13)3-11(16)17/h5,9H,3-4,6H2,1-2H3. The minimum Gasteiger partial charge on any atom is -0.296 e. The molecule has 17 heavy (non-hydrogen) atoms. The number of halogens is 2. The number of hydrogen-bond donors (Lipinski definition) is 0. The number of aromatic nitrogens is 1. The molecule has 1 aromatic heterocycles. The van der Waals surface area contributed by atoms with Gasteiger partial charge >= 0.3 is 0 Å². The number of rotatable bonds is 2. The SMILES string of the molecule is Cc1c(Br)cnc(N2CC(CBr)CC2=O)c1C. The highest BCUT2D eigenvalue weighted by atomic mass is 79.9. The zero-order chi connectivity index (χ0) is 12.6. The van der Waals surface area contributed by atoms with Crippen molar-refractivity contribution < 1.29 is 4.79 Å². The molecule has 0 aliphatic carbocycles. The van der Waals surface area contributed by atoms with Gasteiger partial charge in [-0.15, -0.1) is 0 Å². The van der Waals surface area contributed by atoms with E-state index in [4.69, 9.17) is 0 Å². The van der Waals surface area contributed by atoms with Gasteiger partial charge in [0.25, 0.3) is 0 Å².